The molecule has 0 heterocycles. The molecule has 0 aliphatic heterocycles. The van der Waals surface area contributed by atoms with Crippen LogP contribution in [0.25, 0.3) is 0 Å². The second kappa shape index (κ2) is 8.03. The molecule has 0 saturated carbocycles. The Bertz CT molecular complexity index is 925. The number of fused-ring (bicyclic) bond motifs is 3. The van der Waals surface area contributed by atoms with Gasteiger partial charge in [-0.2, -0.15) is 5.26 Å². The molecule has 0 fully saturated rings. The van der Waals surface area contributed by atoms with Crippen molar-refractivity contribution in [3.63, 3.8) is 0 Å². The first-order chi connectivity index (χ1) is 13.6. The zero-order valence-electron chi connectivity index (χ0n) is 16.5. The molecular formula is C25H27F2N. The van der Waals surface area contributed by atoms with Gasteiger partial charge in [-0.1, -0.05) is 38.3 Å². The topological polar surface area (TPSA) is 23.8 Å². The van der Waals surface area contributed by atoms with Gasteiger partial charge >= 0.3 is 0 Å². The van der Waals surface area contributed by atoms with Crippen molar-refractivity contribution >= 4 is 0 Å². The van der Waals surface area contributed by atoms with E-state index in [1.165, 1.54) is 60.4 Å². The summed E-state index contributed by atoms with van der Waals surface area (Å²) in [5.41, 5.74) is 6.02. The van der Waals surface area contributed by atoms with Crippen LogP contribution in [0.4, 0.5) is 8.78 Å². The summed E-state index contributed by atoms with van der Waals surface area (Å²) in [7, 11) is 0. The van der Waals surface area contributed by atoms with Crippen molar-refractivity contribution in [3.05, 3.63) is 69.3 Å². The van der Waals surface area contributed by atoms with Gasteiger partial charge in [0.1, 0.15) is 17.7 Å². The van der Waals surface area contributed by atoms with E-state index < -0.39 is 11.6 Å². The Balaban J connectivity index is 1.57. The quantitative estimate of drug-likeness (QED) is 0.603. The van der Waals surface area contributed by atoms with Gasteiger partial charge < -0.3 is 0 Å². The smallest absolute Gasteiger partial charge is 0.141 e. The molecule has 1 nitrogen and oxygen atoms in total. The van der Waals surface area contributed by atoms with E-state index in [1.807, 2.05) is 0 Å². The molecule has 0 saturated heterocycles. The largest absolute Gasteiger partial charge is 0.207 e. The van der Waals surface area contributed by atoms with E-state index in [1.54, 1.807) is 6.07 Å². The first-order valence-electron chi connectivity index (χ1n) is 10.6. The van der Waals surface area contributed by atoms with Crippen LogP contribution in [0, 0.1) is 28.9 Å². The van der Waals surface area contributed by atoms with Crippen molar-refractivity contribution in [2.75, 3.05) is 0 Å². The van der Waals surface area contributed by atoms with Gasteiger partial charge in [-0.05, 0) is 90.3 Å². The second-order valence-corrected chi connectivity index (χ2v) is 8.50. The third kappa shape index (κ3) is 3.58. The molecule has 146 valence electrons. The lowest BCUT2D eigenvalue weighted by molar-refractivity contribution is 0.410. The maximum atomic E-state index is 14.5. The molecule has 0 N–H and O–H groups in total. The maximum Gasteiger partial charge on any atom is 0.141 e. The van der Waals surface area contributed by atoms with Crippen molar-refractivity contribution in [2.24, 2.45) is 5.92 Å². The summed E-state index contributed by atoms with van der Waals surface area (Å²) in [6.07, 6.45) is 10.1. The summed E-state index contributed by atoms with van der Waals surface area (Å²) in [5.74, 6) is -0.275. The lowest BCUT2D eigenvalue weighted by Crippen LogP contribution is -2.21. The van der Waals surface area contributed by atoms with Crippen LogP contribution < -0.4 is 0 Å². The molecule has 2 aliphatic rings. The van der Waals surface area contributed by atoms with E-state index in [2.05, 4.69) is 19.1 Å². The number of halogens is 2. The minimum atomic E-state index is -0.617. The van der Waals surface area contributed by atoms with Crippen LogP contribution in [-0.4, -0.2) is 0 Å². The molecule has 2 aromatic carbocycles. The van der Waals surface area contributed by atoms with Gasteiger partial charge in [0.25, 0.3) is 0 Å². The van der Waals surface area contributed by atoms with Crippen LogP contribution in [0.3, 0.4) is 0 Å². The minimum Gasteiger partial charge on any atom is -0.207 e. The van der Waals surface area contributed by atoms with E-state index in [0.29, 0.717) is 5.56 Å². The normalized spacial score (nSPS) is 20.9. The Morgan fingerprint density at radius 1 is 1.00 bits per heavy atom. The standard InChI is InChI=1S/C25H27F2N/c1-2-3-4-16-5-9-21-17(11-16)6-7-18-12-19(8-10-22(18)21)23-14-24(26)20(15-28)13-25(23)27/h6-7,13-14,16,19H,2-5,8-12H2,1H3. The first-order valence-corrected chi connectivity index (χ1v) is 10.6. The second-order valence-electron chi connectivity index (χ2n) is 8.50. The predicted molar refractivity (Wildman–Crippen MR) is 107 cm³/mol. The fourth-order valence-corrected chi connectivity index (χ4v) is 5.21. The van der Waals surface area contributed by atoms with Gasteiger partial charge in [0.2, 0.25) is 0 Å². The number of nitrogens with zero attached hydrogens (tertiary/aromatic N) is 1. The van der Waals surface area contributed by atoms with Crippen molar-refractivity contribution in [1.82, 2.24) is 0 Å². The highest BCUT2D eigenvalue weighted by Gasteiger charge is 2.28. The SMILES string of the molecule is CCCCC1CCc2c(ccc3c2CCC(c2cc(F)c(C#N)cc2F)C3)C1. The number of hydrogen-bond donors (Lipinski definition) is 0. The Kier molecular flexibility index (Phi) is 5.49. The monoisotopic (exact) mass is 379 g/mol. The third-order valence-electron chi connectivity index (χ3n) is 6.76. The average molecular weight is 379 g/mol. The van der Waals surface area contributed by atoms with E-state index in [4.69, 9.17) is 5.26 Å². The molecule has 0 bridgehead atoms. The Labute approximate surface area is 166 Å². The Morgan fingerprint density at radius 3 is 2.43 bits per heavy atom. The number of benzene rings is 2. The fourth-order valence-electron chi connectivity index (χ4n) is 5.21. The highest BCUT2D eigenvalue weighted by Crippen LogP contribution is 2.39. The van der Waals surface area contributed by atoms with Crippen molar-refractivity contribution in [2.45, 2.75) is 70.6 Å². The first kappa shape index (κ1) is 19.1. The molecule has 2 atom stereocenters. The zero-order valence-corrected chi connectivity index (χ0v) is 16.5. The van der Waals surface area contributed by atoms with Crippen LogP contribution in [0.2, 0.25) is 0 Å². The molecule has 2 aromatic rings. The molecule has 0 amide bonds. The highest BCUT2D eigenvalue weighted by atomic mass is 19.1. The van der Waals surface area contributed by atoms with E-state index in [-0.39, 0.29) is 11.5 Å². The number of rotatable bonds is 4. The van der Waals surface area contributed by atoms with Crippen LogP contribution >= 0.6 is 0 Å². The molecule has 0 radical (unpaired) electrons. The highest BCUT2D eigenvalue weighted by molar-refractivity contribution is 5.46. The molecule has 2 unspecified atom stereocenters. The van der Waals surface area contributed by atoms with Gasteiger partial charge in [0, 0.05) is 0 Å². The number of unbranched alkanes of at least 4 members (excludes halogenated alkanes) is 1. The molecular weight excluding hydrogens is 352 g/mol. The fraction of sp³-hybridized carbons (Fsp3) is 0.480. The minimum absolute atomic E-state index is 0.0197. The van der Waals surface area contributed by atoms with E-state index in [0.717, 1.165) is 37.7 Å². The summed E-state index contributed by atoms with van der Waals surface area (Å²) in [6.45, 7) is 2.26. The van der Waals surface area contributed by atoms with Crippen LogP contribution in [0.1, 0.15) is 78.3 Å². The zero-order chi connectivity index (χ0) is 19.7. The number of hydrogen-bond acceptors (Lipinski definition) is 1. The van der Waals surface area contributed by atoms with E-state index in [9.17, 15) is 8.78 Å². The summed E-state index contributed by atoms with van der Waals surface area (Å²) in [5, 5.41) is 8.90. The predicted octanol–water partition coefficient (Wildman–Crippen LogP) is 6.40. The lowest BCUT2D eigenvalue weighted by atomic mass is 9.73. The molecule has 3 heteroatoms. The van der Waals surface area contributed by atoms with Crippen LogP contribution in [-0.2, 0) is 25.7 Å². The van der Waals surface area contributed by atoms with Crippen LogP contribution in [0.15, 0.2) is 24.3 Å². The Morgan fingerprint density at radius 2 is 1.71 bits per heavy atom. The van der Waals surface area contributed by atoms with Gasteiger partial charge in [0.05, 0.1) is 5.56 Å². The third-order valence-corrected chi connectivity index (χ3v) is 6.76. The average Bonchev–Trinajstić information content (AvgIpc) is 2.72. The molecule has 2 aliphatic carbocycles. The summed E-state index contributed by atoms with van der Waals surface area (Å²) >= 11 is 0. The lowest BCUT2D eigenvalue weighted by Gasteiger charge is -2.32. The van der Waals surface area contributed by atoms with E-state index >= 15 is 0 Å². The Hall–Kier alpha value is -2.21. The summed E-state index contributed by atoms with van der Waals surface area (Å²) < 4.78 is 28.5. The van der Waals surface area contributed by atoms with Crippen molar-refractivity contribution in [3.8, 4) is 6.07 Å². The summed E-state index contributed by atoms with van der Waals surface area (Å²) in [4.78, 5) is 0. The van der Waals surface area contributed by atoms with Gasteiger partial charge in [-0.15, -0.1) is 0 Å². The van der Waals surface area contributed by atoms with Crippen molar-refractivity contribution < 1.29 is 8.78 Å². The molecule has 0 spiro atoms. The van der Waals surface area contributed by atoms with Crippen molar-refractivity contribution in [1.29, 1.82) is 5.26 Å². The molecule has 0 aromatic heterocycles. The molecule has 28 heavy (non-hydrogen) atoms. The maximum absolute atomic E-state index is 14.5. The van der Waals surface area contributed by atoms with Crippen LogP contribution in [0.5, 0.6) is 0 Å². The molecule has 4 rings (SSSR count). The number of nitriles is 1. The van der Waals surface area contributed by atoms with Gasteiger partial charge in [0.15, 0.2) is 0 Å². The summed E-state index contributed by atoms with van der Waals surface area (Å²) in [6, 6.07) is 8.50. The van der Waals surface area contributed by atoms with Gasteiger partial charge in [-0.25, -0.2) is 8.78 Å². The van der Waals surface area contributed by atoms with Gasteiger partial charge in [-0.3, -0.25) is 0 Å².